The van der Waals surface area contributed by atoms with Crippen LogP contribution in [0.15, 0.2) is 53.2 Å². The second-order valence-corrected chi connectivity index (χ2v) is 8.50. The van der Waals surface area contributed by atoms with Crippen molar-refractivity contribution in [1.29, 1.82) is 0 Å². The first kappa shape index (κ1) is 19.3. The molecule has 0 unspecified atom stereocenters. The van der Waals surface area contributed by atoms with Crippen molar-refractivity contribution in [1.82, 2.24) is 4.90 Å². The molecule has 1 aliphatic heterocycles. The first-order chi connectivity index (χ1) is 13.7. The Morgan fingerprint density at radius 3 is 2.39 bits per heavy atom. The van der Waals surface area contributed by atoms with Crippen molar-refractivity contribution in [3.63, 3.8) is 0 Å². The van der Waals surface area contributed by atoms with Crippen LogP contribution < -0.4 is 4.90 Å². The van der Waals surface area contributed by atoms with E-state index in [4.69, 9.17) is 4.42 Å². The molecule has 1 saturated heterocycles. The quantitative estimate of drug-likeness (QED) is 0.617. The van der Waals surface area contributed by atoms with Crippen LogP contribution in [0, 0.1) is 5.41 Å². The predicted octanol–water partition coefficient (Wildman–Crippen LogP) is 5.98. The molecule has 28 heavy (non-hydrogen) atoms. The lowest BCUT2D eigenvalue weighted by atomic mass is 9.70. The van der Waals surface area contributed by atoms with Crippen LogP contribution in [0.3, 0.4) is 0 Å². The Labute approximate surface area is 170 Å². The zero-order valence-electron chi connectivity index (χ0n) is 17.5. The van der Waals surface area contributed by atoms with E-state index in [1.165, 1.54) is 43.4 Å². The number of benzene rings is 1. The summed E-state index contributed by atoms with van der Waals surface area (Å²) in [4.78, 5) is 5.07. The minimum absolute atomic E-state index is 0.538. The van der Waals surface area contributed by atoms with Gasteiger partial charge in [0, 0.05) is 37.4 Å². The third-order valence-corrected chi connectivity index (χ3v) is 7.13. The normalized spacial score (nSPS) is 20.2. The standard InChI is InChI=1S/C25H34N2O/c1-3-25(4-2)13-11-21(12-14-25)23-9-5-6-10-24(23)27-17-15-26(16-18-27)20-22-8-7-19-28-22/h5-11,19H,3-4,12-18,20H2,1-2H3. The number of furan rings is 1. The molecule has 1 aromatic carbocycles. The molecule has 1 aliphatic carbocycles. The number of nitrogens with zero attached hydrogens (tertiary/aromatic N) is 2. The zero-order chi connectivity index (χ0) is 19.4. The van der Waals surface area contributed by atoms with Crippen LogP contribution in [0.25, 0.3) is 5.57 Å². The molecule has 0 radical (unpaired) electrons. The SMILES string of the molecule is CCC1(CC)CC=C(c2ccccc2N2CCN(Cc3ccco3)CC2)CC1. The number of piperazine rings is 1. The van der Waals surface area contributed by atoms with Gasteiger partial charge in [-0.1, -0.05) is 51.0 Å². The van der Waals surface area contributed by atoms with Gasteiger partial charge in [0.1, 0.15) is 5.76 Å². The van der Waals surface area contributed by atoms with Crippen molar-refractivity contribution in [2.75, 3.05) is 31.1 Å². The summed E-state index contributed by atoms with van der Waals surface area (Å²) < 4.78 is 5.52. The molecular weight excluding hydrogens is 344 g/mol. The molecule has 2 aromatic rings. The maximum Gasteiger partial charge on any atom is 0.117 e. The minimum atomic E-state index is 0.538. The summed E-state index contributed by atoms with van der Waals surface area (Å²) in [6, 6.07) is 13.1. The van der Waals surface area contributed by atoms with Crippen LogP contribution in [0.1, 0.15) is 57.3 Å². The van der Waals surface area contributed by atoms with Crippen molar-refractivity contribution in [3.05, 3.63) is 60.1 Å². The molecule has 0 atom stereocenters. The van der Waals surface area contributed by atoms with Crippen molar-refractivity contribution >= 4 is 11.3 Å². The Hall–Kier alpha value is -2.00. The van der Waals surface area contributed by atoms with E-state index in [0.717, 1.165) is 38.5 Å². The van der Waals surface area contributed by atoms with Crippen LogP contribution in [0.5, 0.6) is 0 Å². The van der Waals surface area contributed by atoms with E-state index < -0.39 is 0 Å². The van der Waals surface area contributed by atoms with Crippen molar-refractivity contribution in [2.45, 2.75) is 52.5 Å². The van der Waals surface area contributed by atoms with Crippen LogP contribution >= 0.6 is 0 Å². The Morgan fingerprint density at radius 1 is 0.964 bits per heavy atom. The van der Waals surface area contributed by atoms with Gasteiger partial charge in [-0.3, -0.25) is 4.90 Å². The average molecular weight is 379 g/mol. The largest absolute Gasteiger partial charge is 0.468 e. The fraction of sp³-hybridized carbons (Fsp3) is 0.520. The lowest BCUT2D eigenvalue weighted by Gasteiger charge is -2.38. The van der Waals surface area contributed by atoms with Gasteiger partial charge in [-0.2, -0.15) is 0 Å². The van der Waals surface area contributed by atoms with Gasteiger partial charge in [0.15, 0.2) is 0 Å². The Bertz CT molecular complexity index is 781. The molecule has 1 fully saturated rings. The first-order valence-corrected chi connectivity index (χ1v) is 11.0. The fourth-order valence-electron chi connectivity index (χ4n) is 4.87. The third kappa shape index (κ3) is 4.05. The lowest BCUT2D eigenvalue weighted by Crippen LogP contribution is -2.46. The zero-order valence-corrected chi connectivity index (χ0v) is 17.5. The number of hydrogen-bond donors (Lipinski definition) is 0. The minimum Gasteiger partial charge on any atom is -0.468 e. The fourth-order valence-corrected chi connectivity index (χ4v) is 4.87. The predicted molar refractivity (Wildman–Crippen MR) is 117 cm³/mol. The second kappa shape index (κ2) is 8.57. The number of anilines is 1. The molecule has 0 spiro atoms. The highest BCUT2D eigenvalue weighted by Gasteiger charge is 2.29. The summed E-state index contributed by atoms with van der Waals surface area (Å²) in [5.74, 6) is 1.07. The molecular formula is C25H34N2O. The maximum absolute atomic E-state index is 5.52. The second-order valence-electron chi connectivity index (χ2n) is 8.50. The lowest BCUT2D eigenvalue weighted by molar-refractivity contribution is 0.230. The Balaban J connectivity index is 1.45. The van der Waals surface area contributed by atoms with Gasteiger partial charge in [0.05, 0.1) is 12.8 Å². The van der Waals surface area contributed by atoms with Crippen molar-refractivity contribution in [3.8, 4) is 0 Å². The highest BCUT2D eigenvalue weighted by Crippen LogP contribution is 2.44. The van der Waals surface area contributed by atoms with Crippen LogP contribution in [-0.2, 0) is 6.54 Å². The van der Waals surface area contributed by atoms with E-state index in [9.17, 15) is 0 Å². The average Bonchev–Trinajstić information content (AvgIpc) is 3.27. The van der Waals surface area contributed by atoms with E-state index in [2.05, 4.69) is 60.1 Å². The number of para-hydroxylation sites is 1. The van der Waals surface area contributed by atoms with E-state index in [-0.39, 0.29) is 0 Å². The van der Waals surface area contributed by atoms with Crippen LogP contribution in [0.4, 0.5) is 5.69 Å². The molecule has 2 aliphatic rings. The monoisotopic (exact) mass is 378 g/mol. The molecule has 4 rings (SSSR count). The van der Waals surface area contributed by atoms with Crippen LogP contribution in [0.2, 0.25) is 0 Å². The summed E-state index contributed by atoms with van der Waals surface area (Å²) in [6.07, 6.45) is 10.7. The van der Waals surface area contributed by atoms with E-state index >= 15 is 0 Å². The van der Waals surface area contributed by atoms with Gasteiger partial charge in [0.25, 0.3) is 0 Å². The molecule has 0 bridgehead atoms. The molecule has 3 heteroatoms. The van der Waals surface area contributed by atoms with Crippen molar-refractivity contribution in [2.24, 2.45) is 5.41 Å². The number of rotatable bonds is 6. The highest BCUT2D eigenvalue weighted by molar-refractivity contribution is 5.77. The summed E-state index contributed by atoms with van der Waals surface area (Å²) in [7, 11) is 0. The summed E-state index contributed by atoms with van der Waals surface area (Å²) >= 11 is 0. The van der Waals surface area contributed by atoms with Gasteiger partial charge in [-0.25, -0.2) is 0 Å². The van der Waals surface area contributed by atoms with Crippen LogP contribution in [-0.4, -0.2) is 31.1 Å². The molecule has 1 aromatic heterocycles. The third-order valence-electron chi connectivity index (χ3n) is 7.13. The van der Waals surface area contributed by atoms with E-state index in [1.54, 1.807) is 11.8 Å². The van der Waals surface area contributed by atoms with Gasteiger partial charge in [-0.05, 0) is 48.4 Å². The van der Waals surface area contributed by atoms with Gasteiger partial charge < -0.3 is 9.32 Å². The van der Waals surface area contributed by atoms with E-state index in [1.807, 2.05) is 6.07 Å². The summed E-state index contributed by atoms with van der Waals surface area (Å²) in [6.45, 7) is 9.98. The summed E-state index contributed by atoms with van der Waals surface area (Å²) in [5.41, 5.74) is 4.98. The van der Waals surface area contributed by atoms with Gasteiger partial charge in [0.2, 0.25) is 0 Å². The molecule has 0 saturated carbocycles. The molecule has 2 heterocycles. The van der Waals surface area contributed by atoms with Crippen molar-refractivity contribution < 1.29 is 4.42 Å². The highest BCUT2D eigenvalue weighted by atomic mass is 16.3. The molecule has 150 valence electrons. The first-order valence-electron chi connectivity index (χ1n) is 11.0. The van der Waals surface area contributed by atoms with Gasteiger partial charge in [-0.15, -0.1) is 0 Å². The maximum atomic E-state index is 5.52. The number of hydrogen-bond acceptors (Lipinski definition) is 3. The number of allylic oxidation sites excluding steroid dienone is 2. The Morgan fingerprint density at radius 2 is 1.75 bits per heavy atom. The molecule has 0 N–H and O–H groups in total. The molecule has 0 amide bonds. The molecule has 3 nitrogen and oxygen atoms in total. The van der Waals surface area contributed by atoms with Gasteiger partial charge >= 0.3 is 0 Å². The topological polar surface area (TPSA) is 19.6 Å². The summed E-state index contributed by atoms with van der Waals surface area (Å²) in [5, 5.41) is 0. The Kier molecular flexibility index (Phi) is 5.91. The van der Waals surface area contributed by atoms with E-state index in [0.29, 0.717) is 5.41 Å². The smallest absolute Gasteiger partial charge is 0.117 e.